The molecule has 5 rings (SSSR count). The molecule has 3 aromatic rings. The third kappa shape index (κ3) is 4.42. The van der Waals surface area contributed by atoms with Gasteiger partial charge in [-0.2, -0.15) is 18.3 Å². The van der Waals surface area contributed by atoms with E-state index in [2.05, 4.69) is 20.2 Å². The molecular weight excluding hydrogens is 449 g/mol. The van der Waals surface area contributed by atoms with E-state index in [1.807, 2.05) is 24.7 Å². The van der Waals surface area contributed by atoms with Crippen LogP contribution in [0.5, 0.6) is 0 Å². The summed E-state index contributed by atoms with van der Waals surface area (Å²) >= 11 is 1.71. The molecule has 0 bridgehead atoms. The maximum atomic E-state index is 12.8. The number of rotatable bonds is 7. The summed E-state index contributed by atoms with van der Waals surface area (Å²) in [7, 11) is 3.87. The highest BCUT2D eigenvalue weighted by Crippen LogP contribution is 2.64. The number of aromatic nitrogens is 5. The van der Waals surface area contributed by atoms with Crippen LogP contribution in [-0.2, 0) is 20.3 Å². The minimum Gasteiger partial charge on any atom is -0.304 e. The number of nitrogens with zero attached hydrogens (tertiary/aromatic N) is 6. The summed E-state index contributed by atoms with van der Waals surface area (Å²) in [5.74, 6) is 2.16. The van der Waals surface area contributed by atoms with Gasteiger partial charge in [-0.05, 0) is 67.4 Å². The number of halogens is 3. The Kier molecular flexibility index (Phi) is 5.76. The predicted octanol–water partition coefficient (Wildman–Crippen LogP) is 4.60. The molecule has 176 valence electrons. The summed E-state index contributed by atoms with van der Waals surface area (Å²) in [4.78, 5) is 2.50. The fourth-order valence-electron chi connectivity index (χ4n) is 5.06. The van der Waals surface area contributed by atoms with Crippen molar-refractivity contribution in [3.8, 4) is 11.5 Å². The first-order chi connectivity index (χ1) is 15.8. The second kappa shape index (κ2) is 8.47. The van der Waals surface area contributed by atoms with Gasteiger partial charge in [-0.3, -0.25) is 4.68 Å². The smallest absolute Gasteiger partial charge is 0.304 e. The standard InChI is InChI=1S/C23H27F3N6S/c1-30-20(19-8-10-27-31(19)2)28-29-21(30)33-13-3-11-32-12-9-22(15-32)14-18(22)16-4-6-17(7-5-16)23(24,25)26/h4-8,10,18H,3,9,11-15H2,1-2H3/t18-,22+/m0/s1. The molecule has 2 atom stereocenters. The number of thioether (sulfide) groups is 1. The number of hydrogen-bond acceptors (Lipinski definition) is 5. The van der Waals surface area contributed by atoms with Crippen LogP contribution in [0.2, 0.25) is 0 Å². The third-order valence-electron chi connectivity index (χ3n) is 7.03. The highest BCUT2D eigenvalue weighted by molar-refractivity contribution is 7.99. The van der Waals surface area contributed by atoms with E-state index in [0.717, 1.165) is 66.9 Å². The van der Waals surface area contributed by atoms with E-state index in [1.54, 1.807) is 34.8 Å². The lowest BCUT2D eigenvalue weighted by molar-refractivity contribution is -0.137. The molecule has 3 heterocycles. The average Bonchev–Trinajstić information content (AvgIpc) is 3.05. The molecule has 0 radical (unpaired) electrons. The maximum absolute atomic E-state index is 12.8. The highest BCUT2D eigenvalue weighted by Gasteiger charge is 2.57. The molecule has 6 nitrogen and oxygen atoms in total. The molecule has 1 aromatic carbocycles. The van der Waals surface area contributed by atoms with Crippen molar-refractivity contribution in [2.45, 2.75) is 36.5 Å². The van der Waals surface area contributed by atoms with Crippen LogP contribution >= 0.6 is 11.8 Å². The Hall–Kier alpha value is -2.33. The Morgan fingerprint density at radius 3 is 2.61 bits per heavy atom. The van der Waals surface area contributed by atoms with Gasteiger partial charge in [-0.1, -0.05) is 23.9 Å². The van der Waals surface area contributed by atoms with Crippen LogP contribution in [-0.4, -0.2) is 54.8 Å². The Bertz CT molecular complexity index is 1120. The fraction of sp³-hybridized carbons (Fsp3) is 0.522. The minimum atomic E-state index is -4.27. The van der Waals surface area contributed by atoms with E-state index in [4.69, 9.17) is 0 Å². The fourth-order valence-corrected chi connectivity index (χ4v) is 5.89. The molecule has 0 N–H and O–H groups in total. The number of aryl methyl sites for hydroxylation is 1. The zero-order chi connectivity index (χ0) is 23.2. The van der Waals surface area contributed by atoms with Crippen molar-refractivity contribution >= 4 is 11.8 Å². The van der Waals surface area contributed by atoms with E-state index < -0.39 is 11.7 Å². The molecule has 1 saturated heterocycles. The zero-order valence-corrected chi connectivity index (χ0v) is 19.5. The lowest BCUT2D eigenvalue weighted by Gasteiger charge is -2.16. The van der Waals surface area contributed by atoms with E-state index in [-0.39, 0.29) is 5.41 Å². The number of benzene rings is 1. The van der Waals surface area contributed by atoms with Crippen molar-refractivity contribution in [1.29, 1.82) is 0 Å². The molecule has 2 aromatic heterocycles. The number of alkyl halides is 3. The van der Waals surface area contributed by atoms with Crippen LogP contribution < -0.4 is 0 Å². The summed E-state index contributed by atoms with van der Waals surface area (Å²) in [5.41, 5.74) is 1.68. The molecular formula is C23H27F3N6S. The van der Waals surface area contributed by atoms with Crippen molar-refractivity contribution < 1.29 is 13.2 Å². The van der Waals surface area contributed by atoms with Crippen molar-refractivity contribution in [3.63, 3.8) is 0 Å². The van der Waals surface area contributed by atoms with Crippen LogP contribution in [0.4, 0.5) is 13.2 Å². The second-order valence-electron chi connectivity index (χ2n) is 9.17. The Balaban J connectivity index is 1.09. The second-order valence-corrected chi connectivity index (χ2v) is 10.2. The van der Waals surface area contributed by atoms with Gasteiger partial charge in [-0.15, -0.1) is 10.2 Å². The van der Waals surface area contributed by atoms with Gasteiger partial charge in [0.1, 0.15) is 5.69 Å². The highest BCUT2D eigenvalue weighted by atomic mass is 32.2. The third-order valence-corrected chi connectivity index (χ3v) is 8.14. The summed E-state index contributed by atoms with van der Waals surface area (Å²) in [5, 5.41) is 13.7. The molecule has 1 aliphatic heterocycles. The van der Waals surface area contributed by atoms with Crippen LogP contribution in [0.3, 0.4) is 0 Å². The summed E-state index contributed by atoms with van der Waals surface area (Å²) in [6.45, 7) is 3.13. The summed E-state index contributed by atoms with van der Waals surface area (Å²) in [6.07, 6.45) is 0.747. The molecule has 1 spiro atoms. The maximum Gasteiger partial charge on any atom is 0.416 e. The molecule has 0 unspecified atom stereocenters. The molecule has 2 aliphatic rings. The SMILES string of the molecule is Cn1nccc1-c1nnc(SCCCN2CC[C@@]3(C[C@H]3c3ccc(C(F)(F)F)cc3)C2)n1C. The molecule has 0 amide bonds. The van der Waals surface area contributed by atoms with Gasteiger partial charge >= 0.3 is 6.18 Å². The molecule has 2 fully saturated rings. The summed E-state index contributed by atoms with van der Waals surface area (Å²) in [6, 6.07) is 7.71. The molecule has 10 heteroatoms. The first-order valence-electron chi connectivity index (χ1n) is 11.2. The predicted molar refractivity (Wildman–Crippen MR) is 121 cm³/mol. The van der Waals surface area contributed by atoms with Gasteiger partial charge in [0.15, 0.2) is 11.0 Å². The van der Waals surface area contributed by atoms with Crippen molar-refractivity contribution in [2.75, 3.05) is 25.4 Å². The van der Waals surface area contributed by atoms with Gasteiger partial charge in [0.05, 0.1) is 5.56 Å². The summed E-state index contributed by atoms with van der Waals surface area (Å²) < 4.78 is 42.3. The van der Waals surface area contributed by atoms with E-state index in [1.165, 1.54) is 12.1 Å². The van der Waals surface area contributed by atoms with E-state index >= 15 is 0 Å². The lowest BCUT2D eigenvalue weighted by atomic mass is 9.97. The quantitative estimate of drug-likeness (QED) is 0.369. The van der Waals surface area contributed by atoms with Gasteiger partial charge in [-0.25, -0.2) is 0 Å². The van der Waals surface area contributed by atoms with Crippen LogP contribution in [0.15, 0.2) is 41.7 Å². The topological polar surface area (TPSA) is 51.8 Å². The average molecular weight is 477 g/mol. The first kappa shape index (κ1) is 22.5. The Labute approximate surface area is 195 Å². The Morgan fingerprint density at radius 1 is 1.12 bits per heavy atom. The minimum absolute atomic E-state index is 0.258. The van der Waals surface area contributed by atoms with Gasteiger partial charge in [0.25, 0.3) is 0 Å². The van der Waals surface area contributed by atoms with Crippen LogP contribution in [0.25, 0.3) is 11.5 Å². The lowest BCUT2D eigenvalue weighted by Crippen LogP contribution is -2.23. The van der Waals surface area contributed by atoms with Crippen LogP contribution in [0.1, 0.15) is 36.3 Å². The van der Waals surface area contributed by atoms with E-state index in [0.29, 0.717) is 5.92 Å². The van der Waals surface area contributed by atoms with Gasteiger partial charge in [0, 0.05) is 32.6 Å². The Morgan fingerprint density at radius 2 is 1.91 bits per heavy atom. The number of likely N-dealkylation sites (tertiary alicyclic amines) is 1. The zero-order valence-electron chi connectivity index (χ0n) is 18.7. The van der Waals surface area contributed by atoms with Gasteiger partial charge in [0.2, 0.25) is 0 Å². The van der Waals surface area contributed by atoms with Crippen molar-refractivity contribution in [2.24, 2.45) is 19.5 Å². The molecule has 1 aliphatic carbocycles. The first-order valence-corrected chi connectivity index (χ1v) is 12.2. The largest absolute Gasteiger partial charge is 0.416 e. The van der Waals surface area contributed by atoms with Crippen LogP contribution in [0, 0.1) is 5.41 Å². The monoisotopic (exact) mass is 476 g/mol. The molecule has 1 saturated carbocycles. The number of hydrogen-bond donors (Lipinski definition) is 0. The normalized spacial score (nSPS) is 23.0. The van der Waals surface area contributed by atoms with Crippen molar-refractivity contribution in [3.05, 3.63) is 47.7 Å². The molecule has 33 heavy (non-hydrogen) atoms. The van der Waals surface area contributed by atoms with E-state index in [9.17, 15) is 13.2 Å². The van der Waals surface area contributed by atoms with Gasteiger partial charge < -0.3 is 9.47 Å². The van der Waals surface area contributed by atoms with Crippen molar-refractivity contribution in [1.82, 2.24) is 29.4 Å².